The van der Waals surface area contributed by atoms with Crippen LogP contribution in [0.3, 0.4) is 0 Å². The average Bonchev–Trinajstić information content (AvgIpc) is 2.42. The predicted octanol–water partition coefficient (Wildman–Crippen LogP) is 3.22. The molecule has 1 heterocycles. The number of carbonyl (C=O) groups is 1. The Labute approximate surface area is 115 Å². The van der Waals surface area contributed by atoms with Crippen LogP contribution in [-0.2, 0) is 6.54 Å². The fourth-order valence-corrected chi connectivity index (χ4v) is 2.72. The number of nitrogens with zero attached hydrogens (tertiary/aromatic N) is 1. The maximum absolute atomic E-state index is 11.4. The summed E-state index contributed by atoms with van der Waals surface area (Å²) in [4.78, 5) is 13.8. The Morgan fingerprint density at radius 2 is 2.05 bits per heavy atom. The molecule has 3 heteroatoms. The number of aromatic hydroxyl groups is 1. The third kappa shape index (κ3) is 3.57. The summed E-state index contributed by atoms with van der Waals surface area (Å²) < 4.78 is 0. The summed E-state index contributed by atoms with van der Waals surface area (Å²) in [5, 5.41) is 9.91. The van der Waals surface area contributed by atoms with Crippen molar-refractivity contribution in [1.29, 1.82) is 0 Å². The highest BCUT2D eigenvalue weighted by Gasteiger charge is 2.18. The zero-order chi connectivity index (χ0) is 13.8. The second kappa shape index (κ2) is 6.20. The smallest absolute Gasteiger partial charge is 0.159 e. The molecule has 0 radical (unpaired) electrons. The predicted molar refractivity (Wildman–Crippen MR) is 76.4 cm³/mol. The van der Waals surface area contributed by atoms with E-state index in [1.54, 1.807) is 19.1 Å². The molecule has 1 saturated heterocycles. The van der Waals surface area contributed by atoms with Crippen molar-refractivity contribution in [2.45, 2.75) is 39.7 Å². The topological polar surface area (TPSA) is 40.5 Å². The summed E-state index contributed by atoms with van der Waals surface area (Å²) in [5.41, 5.74) is 1.54. The van der Waals surface area contributed by atoms with Gasteiger partial charge < -0.3 is 5.11 Å². The van der Waals surface area contributed by atoms with Crippen molar-refractivity contribution in [3.63, 3.8) is 0 Å². The first-order valence-corrected chi connectivity index (χ1v) is 7.15. The largest absolute Gasteiger partial charge is 0.508 e. The Kier molecular flexibility index (Phi) is 4.59. The van der Waals surface area contributed by atoms with Crippen LogP contribution in [0.25, 0.3) is 0 Å². The molecule has 0 aromatic heterocycles. The van der Waals surface area contributed by atoms with E-state index in [4.69, 9.17) is 0 Å². The van der Waals surface area contributed by atoms with Crippen molar-refractivity contribution in [1.82, 2.24) is 4.90 Å². The standard InChI is InChI=1S/C16H23NO2/c1-3-13-6-8-17(9-7-13)11-15-10-14(12(2)18)4-5-16(15)19/h4-5,10,13,19H,3,6-9,11H2,1-2H3. The van der Waals surface area contributed by atoms with E-state index in [1.807, 2.05) is 6.07 Å². The van der Waals surface area contributed by atoms with Crippen LogP contribution in [0.4, 0.5) is 0 Å². The van der Waals surface area contributed by atoms with Gasteiger partial charge in [-0.15, -0.1) is 0 Å². The molecule has 0 unspecified atom stereocenters. The molecular formula is C16H23NO2. The molecule has 0 aliphatic carbocycles. The maximum atomic E-state index is 11.4. The Hall–Kier alpha value is -1.35. The van der Waals surface area contributed by atoms with Crippen LogP contribution < -0.4 is 0 Å². The van der Waals surface area contributed by atoms with Crippen molar-refractivity contribution >= 4 is 5.78 Å². The highest BCUT2D eigenvalue weighted by atomic mass is 16.3. The lowest BCUT2D eigenvalue weighted by Crippen LogP contribution is -2.33. The number of benzene rings is 1. The zero-order valence-corrected chi connectivity index (χ0v) is 11.9. The van der Waals surface area contributed by atoms with E-state index in [9.17, 15) is 9.90 Å². The molecule has 1 N–H and O–H groups in total. The van der Waals surface area contributed by atoms with Crippen molar-refractivity contribution < 1.29 is 9.90 Å². The number of rotatable bonds is 4. The fourth-order valence-electron chi connectivity index (χ4n) is 2.72. The molecule has 0 atom stereocenters. The minimum absolute atomic E-state index is 0.0472. The van der Waals surface area contributed by atoms with Gasteiger partial charge in [0.25, 0.3) is 0 Å². The van der Waals surface area contributed by atoms with E-state index >= 15 is 0 Å². The number of carbonyl (C=O) groups excluding carboxylic acids is 1. The first kappa shape index (κ1) is 14.1. The molecule has 104 valence electrons. The normalized spacial score (nSPS) is 17.6. The Balaban J connectivity index is 2.03. The minimum Gasteiger partial charge on any atom is -0.508 e. The van der Waals surface area contributed by atoms with Crippen LogP contribution in [0.5, 0.6) is 5.75 Å². The Bertz CT molecular complexity index is 448. The first-order valence-electron chi connectivity index (χ1n) is 7.15. The molecule has 19 heavy (non-hydrogen) atoms. The number of hydrogen-bond donors (Lipinski definition) is 1. The van der Waals surface area contributed by atoms with E-state index in [0.29, 0.717) is 11.3 Å². The summed E-state index contributed by atoms with van der Waals surface area (Å²) in [6, 6.07) is 5.14. The van der Waals surface area contributed by atoms with Crippen LogP contribution in [0, 0.1) is 5.92 Å². The SMILES string of the molecule is CCC1CCN(Cc2cc(C(C)=O)ccc2O)CC1. The summed E-state index contributed by atoms with van der Waals surface area (Å²) in [6.45, 7) is 6.72. The number of Topliss-reactive ketones (excluding diaryl/α,β-unsaturated/α-hetero) is 1. The third-order valence-corrected chi connectivity index (χ3v) is 4.16. The van der Waals surface area contributed by atoms with Crippen molar-refractivity contribution in [3.8, 4) is 5.75 Å². The minimum atomic E-state index is 0.0472. The summed E-state index contributed by atoms with van der Waals surface area (Å²) in [6.07, 6.45) is 3.74. The molecular weight excluding hydrogens is 238 g/mol. The van der Waals surface area contributed by atoms with E-state index < -0.39 is 0 Å². The van der Waals surface area contributed by atoms with Crippen LogP contribution in [0.15, 0.2) is 18.2 Å². The summed E-state index contributed by atoms with van der Waals surface area (Å²) in [7, 11) is 0. The molecule has 3 nitrogen and oxygen atoms in total. The van der Waals surface area contributed by atoms with Gasteiger partial charge in [0, 0.05) is 17.7 Å². The van der Waals surface area contributed by atoms with E-state index in [-0.39, 0.29) is 5.78 Å². The van der Waals surface area contributed by atoms with Gasteiger partial charge in [-0.1, -0.05) is 13.3 Å². The van der Waals surface area contributed by atoms with Gasteiger partial charge in [0.15, 0.2) is 5.78 Å². The first-order chi connectivity index (χ1) is 9.10. The van der Waals surface area contributed by atoms with Crippen LogP contribution >= 0.6 is 0 Å². The van der Waals surface area contributed by atoms with Gasteiger partial charge in [0.2, 0.25) is 0 Å². The van der Waals surface area contributed by atoms with Crippen LogP contribution in [0.2, 0.25) is 0 Å². The van der Waals surface area contributed by atoms with Crippen molar-refractivity contribution in [3.05, 3.63) is 29.3 Å². The quantitative estimate of drug-likeness (QED) is 0.846. The van der Waals surface area contributed by atoms with E-state index in [1.165, 1.54) is 19.3 Å². The van der Waals surface area contributed by atoms with Crippen molar-refractivity contribution in [2.24, 2.45) is 5.92 Å². The molecule has 1 aliphatic rings. The monoisotopic (exact) mass is 261 g/mol. The number of likely N-dealkylation sites (tertiary alicyclic amines) is 1. The van der Waals surface area contributed by atoms with Gasteiger partial charge in [0.05, 0.1) is 0 Å². The Morgan fingerprint density at radius 1 is 1.37 bits per heavy atom. The maximum Gasteiger partial charge on any atom is 0.159 e. The molecule has 0 saturated carbocycles. The van der Waals surface area contributed by atoms with Gasteiger partial charge in [-0.2, -0.15) is 0 Å². The average molecular weight is 261 g/mol. The van der Waals surface area contributed by atoms with E-state index in [0.717, 1.165) is 31.1 Å². The van der Waals surface area contributed by atoms with Gasteiger partial charge in [-0.3, -0.25) is 9.69 Å². The highest BCUT2D eigenvalue weighted by molar-refractivity contribution is 5.94. The molecule has 0 spiro atoms. The van der Waals surface area contributed by atoms with Gasteiger partial charge in [-0.25, -0.2) is 0 Å². The number of hydrogen-bond acceptors (Lipinski definition) is 3. The molecule has 1 fully saturated rings. The molecule has 1 aromatic rings. The van der Waals surface area contributed by atoms with Crippen LogP contribution in [-0.4, -0.2) is 28.9 Å². The van der Waals surface area contributed by atoms with Gasteiger partial charge >= 0.3 is 0 Å². The number of phenols is 1. The van der Waals surface area contributed by atoms with Gasteiger partial charge in [-0.05, 0) is 57.0 Å². The lowest BCUT2D eigenvalue weighted by molar-refractivity contribution is 0.101. The molecule has 2 rings (SSSR count). The highest BCUT2D eigenvalue weighted by Crippen LogP contribution is 2.25. The lowest BCUT2D eigenvalue weighted by Gasteiger charge is -2.31. The van der Waals surface area contributed by atoms with E-state index in [2.05, 4.69) is 11.8 Å². The van der Waals surface area contributed by atoms with Crippen LogP contribution in [0.1, 0.15) is 49.0 Å². The molecule has 0 amide bonds. The van der Waals surface area contributed by atoms with Gasteiger partial charge in [0.1, 0.15) is 5.75 Å². The Morgan fingerprint density at radius 3 is 2.63 bits per heavy atom. The molecule has 1 aliphatic heterocycles. The second-order valence-electron chi connectivity index (χ2n) is 5.53. The number of piperidine rings is 1. The summed E-state index contributed by atoms with van der Waals surface area (Å²) in [5.74, 6) is 1.20. The third-order valence-electron chi connectivity index (χ3n) is 4.16. The fraction of sp³-hybridized carbons (Fsp3) is 0.562. The molecule has 1 aromatic carbocycles. The second-order valence-corrected chi connectivity index (χ2v) is 5.53. The van der Waals surface area contributed by atoms with Crippen molar-refractivity contribution in [2.75, 3.05) is 13.1 Å². The number of phenolic OH excluding ortho intramolecular Hbond substituents is 1. The summed E-state index contributed by atoms with van der Waals surface area (Å²) >= 11 is 0. The zero-order valence-electron chi connectivity index (χ0n) is 11.9. The molecule has 0 bridgehead atoms. The lowest BCUT2D eigenvalue weighted by atomic mass is 9.94. The number of ketones is 1.